The minimum Gasteiger partial charge on any atom is -0.495 e. The number of nitrogens with one attached hydrogen (secondary N) is 1. The normalized spacial score (nSPS) is 10.9. The molecule has 2 aromatic rings. The van der Waals surface area contributed by atoms with E-state index < -0.39 is 29.0 Å². The fraction of sp³-hybridized carbons (Fsp3) is 0.176. The van der Waals surface area contributed by atoms with Crippen molar-refractivity contribution in [1.82, 2.24) is 5.32 Å². The lowest BCUT2D eigenvalue weighted by molar-refractivity contribution is -0.137. The van der Waals surface area contributed by atoms with Gasteiger partial charge in [-0.3, -0.25) is 4.79 Å². The fourth-order valence-electron chi connectivity index (χ4n) is 2.11. The fourth-order valence-corrected chi connectivity index (χ4v) is 2.11. The van der Waals surface area contributed by atoms with Gasteiger partial charge in [0.1, 0.15) is 17.6 Å². The molecule has 4 nitrogen and oxygen atoms in total. The van der Waals surface area contributed by atoms with Crippen molar-refractivity contribution in [2.45, 2.75) is 12.7 Å². The molecule has 25 heavy (non-hydrogen) atoms. The first-order valence-corrected chi connectivity index (χ1v) is 6.98. The van der Waals surface area contributed by atoms with Crippen LogP contribution in [0.15, 0.2) is 36.4 Å². The van der Waals surface area contributed by atoms with Crippen molar-refractivity contribution in [3.8, 4) is 11.8 Å². The Morgan fingerprint density at radius 3 is 2.56 bits per heavy atom. The zero-order valence-corrected chi connectivity index (χ0v) is 12.9. The van der Waals surface area contributed by atoms with Crippen molar-refractivity contribution < 1.29 is 27.1 Å². The first-order valence-electron chi connectivity index (χ1n) is 6.98. The molecule has 0 saturated carbocycles. The second-order valence-electron chi connectivity index (χ2n) is 5.02. The molecule has 130 valence electrons. The minimum atomic E-state index is -4.68. The van der Waals surface area contributed by atoms with E-state index in [0.29, 0.717) is 29.5 Å². The van der Waals surface area contributed by atoms with Gasteiger partial charge < -0.3 is 10.1 Å². The molecule has 8 heteroatoms. The number of hydrogen-bond donors (Lipinski definition) is 1. The first kappa shape index (κ1) is 18.3. The van der Waals surface area contributed by atoms with Gasteiger partial charge in [0, 0.05) is 6.54 Å². The highest BCUT2D eigenvalue weighted by atomic mass is 19.4. The maximum atomic E-state index is 13.7. The lowest BCUT2D eigenvalue weighted by Gasteiger charge is -2.11. The Morgan fingerprint density at radius 1 is 1.24 bits per heavy atom. The van der Waals surface area contributed by atoms with E-state index in [1.807, 2.05) is 6.07 Å². The molecule has 0 spiro atoms. The summed E-state index contributed by atoms with van der Waals surface area (Å²) in [6.07, 6.45) is -4.68. The summed E-state index contributed by atoms with van der Waals surface area (Å²) in [5.74, 6) is -1.70. The summed E-state index contributed by atoms with van der Waals surface area (Å²) in [6.45, 7) is -0.0901. The molecule has 1 N–H and O–H groups in total. The summed E-state index contributed by atoms with van der Waals surface area (Å²) in [6, 6.07) is 8.09. The predicted octanol–water partition coefficient (Wildman–Crippen LogP) is 3.65. The number of nitriles is 1. The second kappa shape index (κ2) is 7.21. The summed E-state index contributed by atoms with van der Waals surface area (Å²) < 4.78 is 56.7. The number of carbonyl (C=O) groups excluding carboxylic acids is 1. The quantitative estimate of drug-likeness (QED) is 0.855. The number of hydrogen-bond acceptors (Lipinski definition) is 3. The molecule has 0 saturated heterocycles. The third-order valence-electron chi connectivity index (χ3n) is 3.38. The number of benzene rings is 2. The van der Waals surface area contributed by atoms with Crippen LogP contribution in [0.2, 0.25) is 0 Å². The van der Waals surface area contributed by atoms with Crippen LogP contribution in [0.1, 0.15) is 27.0 Å². The van der Waals surface area contributed by atoms with Gasteiger partial charge in [0.25, 0.3) is 5.91 Å². The van der Waals surface area contributed by atoms with Crippen molar-refractivity contribution in [3.63, 3.8) is 0 Å². The number of rotatable bonds is 4. The van der Waals surface area contributed by atoms with E-state index in [9.17, 15) is 22.4 Å². The number of carbonyl (C=O) groups is 1. The number of nitrogens with zero attached hydrogens (tertiary/aromatic N) is 1. The molecule has 1 amide bonds. The van der Waals surface area contributed by atoms with Crippen molar-refractivity contribution in [1.29, 1.82) is 5.26 Å². The number of methoxy groups -OCH3 is 1. The van der Waals surface area contributed by atoms with Gasteiger partial charge in [-0.1, -0.05) is 6.07 Å². The summed E-state index contributed by atoms with van der Waals surface area (Å²) in [5.41, 5.74) is -1.07. The van der Waals surface area contributed by atoms with Crippen LogP contribution in [0.4, 0.5) is 17.6 Å². The van der Waals surface area contributed by atoms with Crippen LogP contribution in [0.5, 0.6) is 5.75 Å². The third kappa shape index (κ3) is 4.26. The van der Waals surface area contributed by atoms with Crippen LogP contribution in [0.25, 0.3) is 0 Å². The molecule has 0 aromatic heterocycles. The molecule has 0 unspecified atom stereocenters. The molecule has 2 aromatic carbocycles. The molecule has 2 rings (SSSR count). The molecular weight excluding hydrogens is 340 g/mol. The SMILES string of the molecule is COc1ccc(CNC(=O)c2cc(C(F)(F)F)ccc2F)cc1C#N. The lowest BCUT2D eigenvalue weighted by Crippen LogP contribution is -2.24. The monoisotopic (exact) mass is 352 g/mol. The van der Waals surface area contributed by atoms with Crippen LogP contribution in [-0.4, -0.2) is 13.0 Å². The van der Waals surface area contributed by atoms with Gasteiger partial charge in [-0.05, 0) is 35.9 Å². The van der Waals surface area contributed by atoms with Gasteiger partial charge in [0.2, 0.25) is 0 Å². The molecule has 0 heterocycles. The zero-order chi connectivity index (χ0) is 18.6. The first-order chi connectivity index (χ1) is 11.8. The number of ether oxygens (including phenoxy) is 1. The summed E-state index contributed by atoms with van der Waals surface area (Å²) in [7, 11) is 1.40. The number of amides is 1. The summed E-state index contributed by atoms with van der Waals surface area (Å²) >= 11 is 0. The van der Waals surface area contributed by atoms with Crippen molar-refractivity contribution in [3.05, 3.63) is 64.5 Å². The molecule has 0 aliphatic carbocycles. The highest BCUT2D eigenvalue weighted by molar-refractivity contribution is 5.94. The van der Waals surface area contributed by atoms with Crippen molar-refractivity contribution >= 4 is 5.91 Å². The number of alkyl halides is 3. The predicted molar refractivity (Wildman–Crippen MR) is 80.3 cm³/mol. The van der Waals surface area contributed by atoms with Crippen LogP contribution >= 0.6 is 0 Å². The van der Waals surface area contributed by atoms with E-state index >= 15 is 0 Å². The lowest BCUT2D eigenvalue weighted by atomic mass is 10.1. The Balaban J connectivity index is 2.17. The number of halogens is 4. The molecule has 0 fully saturated rings. The van der Waals surface area contributed by atoms with Crippen LogP contribution < -0.4 is 10.1 Å². The maximum absolute atomic E-state index is 13.7. The van der Waals surface area contributed by atoms with E-state index in [2.05, 4.69) is 5.32 Å². The Bertz CT molecular complexity index is 842. The van der Waals surface area contributed by atoms with Crippen LogP contribution in [-0.2, 0) is 12.7 Å². The van der Waals surface area contributed by atoms with E-state index in [1.165, 1.54) is 19.2 Å². The molecule has 0 aliphatic heterocycles. The Kier molecular flexibility index (Phi) is 5.27. The van der Waals surface area contributed by atoms with Gasteiger partial charge in [0.05, 0.1) is 23.8 Å². The minimum absolute atomic E-state index is 0.0901. The van der Waals surface area contributed by atoms with Gasteiger partial charge in [-0.25, -0.2) is 4.39 Å². The molecule has 0 radical (unpaired) electrons. The average Bonchev–Trinajstić information content (AvgIpc) is 2.58. The standard InChI is InChI=1S/C17H12F4N2O2/c1-25-15-5-2-10(6-11(15)8-22)9-23-16(24)13-7-12(17(19,20)21)3-4-14(13)18/h2-7H,9H2,1H3,(H,23,24). The van der Waals surface area contributed by atoms with Gasteiger partial charge in [-0.2, -0.15) is 18.4 Å². The second-order valence-corrected chi connectivity index (χ2v) is 5.02. The Hall–Kier alpha value is -3.08. The smallest absolute Gasteiger partial charge is 0.416 e. The average molecular weight is 352 g/mol. The van der Waals surface area contributed by atoms with E-state index in [0.717, 1.165) is 0 Å². The molecular formula is C17H12F4N2O2. The van der Waals surface area contributed by atoms with E-state index in [-0.39, 0.29) is 12.1 Å². The Morgan fingerprint density at radius 2 is 1.96 bits per heavy atom. The highest BCUT2D eigenvalue weighted by Gasteiger charge is 2.31. The largest absolute Gasteiger partial charge is 0.495 e. The van der Waals surface area contributed by atoms with Crippen LogP contribution in [0.3, 0.4) is 0 Å². The van der Waals surface area contributed by atoms with Gasteiger partial charge >= 0.3 is 6.18 Å². The van der Waals surface area contributed by atoms with E-state index in [1.54, 1.807) is 6.07 Å². The van der Waals surface area contributed by atoms with Crippen molar-refractivity contribution in [2.75, 3.05) is 7.11 Å². The maximum Gasteiger partial charge on any atom is 0.416 e. The van der Waals surface area contributed by atoms with Crippen LogP contribution in [0, 0.1) is 17.1 Å². The summed E-state index contributed by atoms with van der Waals surface area (Å²) in [4.78, 5) is 12.0. The molecule has 0 bridgehead atoms. The molecule has 0 atom stereocenters. The Labute approximate surface area is 140 Å². The highest BCUT2D eigenvalue weighted by Crippen LogP contribution is 2.30. The molecule has 0 aliphatic rings. The van der Waals surface area contributed by atoms with Crippen molar-refractivity contribution in [2.24, 2.45) is 0 Å². The topological polar surface area (TPSA) is 62.1 Å². The van der Waals surface area contributed by atoms with Gasteiger partial charge in [0.15, 0.2) is 0 Å². The third-order valence-corrected chi connectivity index (χ3v) is 3.38. The van der Waals surface area contributed by atoms with E-state index in [4.69, 9.17) is 10.00 Å². The summed E-state index contributed by atoms with van der Waals surface area (Å²) in [5, 5.41) is 11.3. The zero-order valence-electron chi connectivity index (χ0n) is 12.9. The van der Waals surface area contributed by atoms with Gasteiger partial charge in [-0.15, -0.1) is 0 Å².